The molecule has 1 aromatic rings. The first-order valence-corrected chi connectivity index (χ1v) is 6.22. The highest BCUT2D eigenvalue weighted by Gasteiger charge is 2.23. The molecule has 1 fully saturated rings. The number of methoxy groups -OCH3 is 1. The van der Waals surface area contributed by atoms with Gasteiger partial charge in [-0.1, -0.05) is 12.1 Å². The van der Waals surface area contributed by atoms with E-state index in [0.29, 0.717) is 5.56 Å². The van der Waals surface area contributed by atoms with E-state index in [4.69, 9.17) is 9.84 Å². The van der Waals surface area contributed by atoms with Gasteiger partial charge in [0.1, 0.15) is 0 Å². The summed E-state index contributed by atoms with van der Waals surface area (Å²) in [6, 6.07) is 5.79. The third-order valence-corrected chi connectivity index (χ3v) is 3.57. The maximum absolute atomic E-state index is 11.0. The number of nitrogens with one attached hydrogen (secondary N) is 1. The molecule has 0 bridgehead atoms. The van der Waals surface area contributed by atoms with E-state index >= 15 is 0 Å². The van der Waals surface area contributed by atoms with Gasteiger partial charge in [-0.15, -0.1) is 0 Å². The first-order chi connectivity index (χ1) is 8.61. The first kappa shape index (κ1) is 13.1. The molecule has 4 heteroatoms. The highest BCUT2D eigenvalue weighted by atomic mass is 16.5. The Morgan fingerprint density at radius 2 is 2.28 bits per heavy atom. The molecule has 1 aromatic carbocycles. The van der Waals surface area contributed by atoms with Crippen LogP contribution in [0.1, 0.15) is 40.4 Å². The second-order valence-corrected chi connectivity index (χ2v) is 4.77. The van der Waals surface area contributed by atoms with E-state index in [1.165, 1.54) is 0 Å². The van der Waals surface area contributed by atoms with E-state index in [-0.39, 0.29) is 12.1 Å². The van der Waals surface area contributed by atoms with Gasteiger partial charge in [0.05, 0.1) is 11.7 Å². The molecule has 98 valence electrons. The van der Waals surface area contributed by atoms with Gasteiger partial charge in [0.25, 0.3) is 0 Å². The van der Waals surface area contributed by atoms with Crippen LogP contribution in [0.25, 0.3) is 0 Å². The molecule has 0 saturated carbocycles. The Morgan fingerprint density at radius 3 is 2.89 bits per heavy atom. The quantitative estimate of drug-likeness (QED) is 0.861. The zero-order chi connectivity index (χ0) is 13.1. The molecule has 0 unspecified atom stereocenters. The van der Waals surface area contributed by atoms with Gasteiger partial charge in [-0.05, 0) is 43.5 Å². The first-order valence-electron chi connectivity index (χ1n) is 6.22. The highest BCUT2D eigenvalue weighted by molar-refractivity contribution is 5.89. The van der Waals surface area contributed by atoms with Crippen LogP contribution >= 0.6 is 0 Å². The summed E-state index contributed by atoms with van der Waals surface area (Å²) in [5.74, 6) is -0.870. The average molecular weight is 249 g/mol. The third kappa shape index (κ3) is 2.71. The van der Waals surface area contributed by atoms with Crippen LogP contribution in [-0.4, -0.2) is 30.8 Å². The monoisotopic (exact) mass is 249 g/mol. The van der Waals surface area contributed by atoms with Crippen molar-refractivity contribution in [3.63, 3.8) is 0 Å². The number of piperidine rings is 1. The number of aryl methyl sites for hydroxylation is 1. The van der Waals surface area contributed by atoms with Gasteiger partial charge in [-0.25, -0.2) is 4.79 Å². The number of benzene rings is 1. The van der Waals surface area contributed by atoms with Gasteiger partial charge >= 0.3 is 5.97 Å². The van der Waals surface area contributed by atoms with Crippen molar-refractivity contribution in [3.05, 3.63) is 34.9 Å². The van der Waals surface area contributed by atoms with E-state index < -0.39 is 5.97 Å². The number of hydrogen-bond donors (Lipinski definition) is 2. The van der Waals surface area contributed by atoms with E-state index in [1.54, 1.807) is 13.2 Å². The molecule has 0 amide bonds. The van der Waals surface area contributed by atoms with Gasteiger partial charge in [0.15, 0.2) is 0 Å². The topological polar surface area (TPSA) is 58.6 Å². The van der Waals surface area contributed by atoms with Crippen LogP contribution in [-0.2, 0) is 4.74 Å². The van der Waals surface area contributed by atoms with Crippen LogP contribution < -0.4 is 5.32 Å². The smallest absolute Gasteiger partial charge is 0.335 e. The predicted octanol–water partition coefficient (Wildman–Crippen LogP) is 2.13. The zero-order valence-electron chi connectivity index (χ0n) is 10.8. The van der Waals surface area contributed by atoms with E-state index in [1.807, 2.05) is 19.1 Å². The molecule has 1 aliphatic rings. The van der Waals surface area contributed by atoms with Crippen molar-refractivity contribution in [1.82, 2.24) is 5.32 Å². The predicted molar refractivity (Wildman–Crippen MR) is 68.9 cm³/mol. The third-order valence-electron chi connectivity index (χ3n) is 3.57. The Balaban J connectivity index is 2.18. The molecule has 1 heterocycles. The molecular weight excluding hydrogens is 230 g/mol. The van der Waals surface area contributed by atoms with Crippen LogP contribution in [0, 0.1) is 6.92 Å². The van der Waals surface area contributed by atoms with Crippen LogP contribution in [0.3, 0.4) is 0 Å². The van der Waals surface area contributed by atoms with Crippen molar-refractivity contribution in [3.8, 4) is 0 Å². The van der Waals surface area contributed by atoms with Crippen LogP contribution in [0.4, 0.5) is 0 Å². The molecule has 2 N–H and O–H groups in total. The van der Waals surface area contributed by atoms with E-state index in [2.05, 4.69) is 5.32 Å². The summed E-state index contributed by atoms with van der Waals surface area (Å²) in [4.78, 5) is 11.0. The summed E-state index contributed by atoms with van der Waals surface area (Å²) in [5, 5.41) is 12.5. The number of carbonyl (C=O) groups is 1. The minimum Gasteiger partial charge on any atom is -0.478 e. The highest BCUT2D eigenvalue weighted by Crippen LogP contribution is 2.26. The summed E-state index contributed by atoms with van der Waals surface area (Å²) >= 11 is 0. The zero-order valence-corrected chi connectivity index (χ0v) is 10.8. The molecule has 0 aliphatic carbocycles. The van der Waals surface area contributed by atoms with Crippen molar-refractivity contribution in [2.24, 2.45) is 0 Å². The maximum atomic E-state index is 11.0. The Kier molecular flexibility index (Phi) is 3.99. The fraction of sp³-hybridized carbons (Fsp3) is 0.500. The molecule has 18 heavy (non-hydrogen) atoms. The number of aromatic carboxylic acids is 1. The second-order valence-electron chi connectivity index (χ2n) is 4.77. The summed E-state index contributed by atoms with van der Waals surface area (Å²) in [7, 11) is 1.74. The Hall–Kier alpha value is -1.39. The molecule has 2 rings (SSSR count). The lowest BCUT2D eigenvalue weighted by atomic mass is 9.93. The van der Waals surface area contributed by atoms with Crippen LogP contribution in [0.2, 0.25) is 0 Å². The standard InChI is InChI=1S/C14H19NO3/c1-9-7-10(3-4-12(9)14(16)17)13-8-11(18-2)5-6-15-13/h3-4,7,11,13,15H,5-6,8H2,1-2H3,(H,16,17)/t11-,13-/m0/s1. The molecule has 0 aromatic heterocycles. The minimum atomic E-state index is -0.870. The molecule has 2 atom stereocenters. The summed E-state index contributed by atoms with van der Waals surface area (Å²) < 4.78 is 5.40. The van der Waals surface area contributed by atoms with Gasteiger partial charge < -0.3 is 15.2 Å². The lowest BCUT2D eigenvalue weighted by molar-refractivity contribution is 0.0618. The number of hydrogen-bond acceptors (Lipinski definition) is 3. The van der Waals surface area contributed by atoms with Gasteiger partial charge in [-0.3, -0.25) is 0 Å². The maximum Gasteiger partial charge on any atom is 0.335 e. The lowest BCUT2D eigenvalue weighted by Crippen LogP contribution is -2.35. The summed E-state index contributed by atoms with van der Waals surface area (Å²) in [6.45, 7) is 2.77. The molecular formula is C14H19NO3. The molecule has 1 aliphatic heterocycles. The second kappa shape index (κ2) is 5.50. The van der Waals surface area contributed by atoms with Crippen LogP contribution in [0.15, 0.2) is 18.2 Å². The lowest BCUT2D eigenvalue weighted by Gasteiger charge is -2.30. The van der Waals surface area contributed by atoms with Crippen molar-refractivity contribution in [2.45, 2.75) is 31.9 Å². The molecule has 1 saturated heterocycles. The summed E-state index contributed by atoms with van der Waals surface area (Å²) in [5.41, 5.74) is 2.32. The SMILES string of the molecule is CO[C@H]1CCN[C@H](c2ccc(C(=O)O)c(C)c2)C1. The fourth-order valence-electron chi connectivity index (χ4n) is 2.49. The Labute approximate surface area is 107 Å². The Bertz CT molecular complexity index is 445. The average Bonchev–Trinajstić information content (AvgIpc) is 2.38. The number of carboxylic acids is 1. The minimum absolute atomic E-state index is 0.255. The van der Waals surface area contributed by atoms with Gasteiger partial charge in [0.2, 0.25) is 0 Å². The van der Waals surface area contributed by atoms with Crippen LogP contribution in [0.5, 0.6) is 0 Å². The number of ether oxygens (including phenoxy) is 1. The van der Waals surface area contributed by atoms with Crippen molar-refractivity contribution >= 4 is 5.97 Å². The van der Waals surface area contributed by atoms with Crippen molar-refractivity contribution in [1.29, 1.82) is 0 Å². The fourth-order valence-corrected chi connectivity index (χ4v) is 2.49. The molecule has 4 nitrogen and oxygen atoms in total. The van der Waals surface area contributed by atoms with E-state index in [9.17, 15) is 4.79 Å². The number of carboxylic acid groups (broad SMARTS) is 1. The molecule has 0 radical (unpaired) electrons. The molecule has 0 spiro atoms. The summed E-state index contributed by atoms with van der Waals surface area (Å²) in [6.07, 6.45) is 2.25. The largest absolute Gasteiger partial charge is 0.478 e. The normalized spacial score (nSPS) is 23.9. The Morgan fingerprint density at radius 1 is 1.50 bits per heavy atom. The number of rotatable bonds is 3. The van der Waals surface area contributed by atoms with Gasteiger partial charge in [0, 0.05) is 13.2 Å². The van der Waals surface area contributed by atoms with Gasteiger partial charge in [-0.2, -0.15) is 0 Å². The van der Waals surface area contributed by atoms with Crippen molar-refractivity contribution in [2.75, 3.05) is 13.7 Å². The van der Waals surface area contributed by atoms with Crippen molar-refractivity contribution < 1.29 is 14.6 Å². The van der Waals surface area contributed by atoms with E-state index in [0.717, 1.165) is 30.5 Å².